The van der Waals surface area contributed by atoms with Crippen LogP contribution in [0.4, 0.5) is 0 Å². The van der Waals surface area contributed by atoms with E-state index in [4.69, 9.17) is 0 Å². The van der Waals surface area contributed by atoms with E-state index in [-0.39, 0.29) is 0 Å². The molecule has 0 radical (unpaired) electrons. The molecule has 0 aliphatic heterocycles. The number of hydrogen-bond acceptors (Lipinski definition) is 1. The molecule has 1 aromatic heterocycles. The third-order valence-corrected chi connectivity index (χ3v) is 2.03. The van der Waals surface area contributed by atoms with E-state index < -0.39 is 0 Å². The largest absolute Gasteiger partial charge is 0.273 e. The van der Waals surface area contributed by atoms with Crippen molar-refractivity contribution in [3.63, 3.8) is 0 Å². The van der Waals surface area contributed by atoms with Crippen LogP contribution in [0.15, 0.2) is 12.4 Å². The van der Waals surface area contributed by atoms with Crippen molar-refractivity contribution < 1.29 is 0 Å². The fourth-order valence-electron chi connectivity index (χ4n) is 1.18. The Kier molecular flexibility index (Phi) is 1.26. The first-order chi connectivity index (χ1) is 4.90. The van der Waals surface area contributed by atoms with E-state index in [1.165, 1.54) is 18.4 Å². The standard InChI is InChI=1S/C8H12N2/c1-2-10-6-8(5-9-10)7-3-4-7/h5-7H,2-4H2,1H3. The van der Waals surface area contributed by atoms with E-state index in [1.807, 2.05) is 10.9 Å². The SMILES string of the molecule is CCn1cc(C2CC2)cn1. The lowest BCUT2D eigenvalue weighted by molar-refractivity contribution is 0.659. The van der Waals surface area contributed by atoms with Gasteiger partial charge in [-0.2, -0.15) is 5.10 Å². The maximum absolute atomic E-state index is 4.21. The predicted molar refractivity (Wildman–Crippen MR) is 39.9 cm³/mol. The van der Waals surface area contributed by atoms with Crippen LogP contribution in [0.2, 0.25) is 0 Å². The lowest BCUT2D eigenvalue weighted by Crippen LogP contribution is -1.92. The van der Waals surface area contributed by atoms with Crippen molar-refractivity contribution in [2.24, 2.45) is 0 Å². The van der Waals surface area contributed by atoms with Crippen molar-refractivity contribution in [2.45, 2.75) is 32.2 Å². The minimum atomic E-state index is 0.847. The molecular weight excluding hydrogens is 124 g/mol. The van der Waals surface area contributed by atoms with Gasteiger partial charge in [-0.05, 0) is 31.2 Å². The van der Waals surface area contributed by atoms with E-state index >= 15 is 0 Å². The Morgan fingerprint density at radius 3 is 3.00 bits per heavy atom. The van der Waals surface area contributed by atoms with Gasteiger partial charge < -0.3 is 0 Å². The summed E-state index contributed by atoms with van der Waals surface area (Å²) in [6.45, 7) is 3.11. The number of hydrogen-bond donors (Lipinski definition) is 0. The zero-order chi connectivity index (χ0) is 6.97. The first kappa shape index (κ1) is 5.96. The van der Waals surface area contributed by atoms with Gasteiger partial charge in [-0.1, -0.05) is 0 Å². The van der Waals surface area contributed by atoms with Gasteiger partial charge in [0, 0.05) is 12.7 Å². The number of aryl methyl sites for hydroxylation is 1. The smallest absolute Gasteiger partial charge is 0.0524 e. The highest BCUT2D eigenvalue weighted by Gasteiger charge is 2.24. The van der Waals surface area contributed by atoms with Crippen LogP contribution in [-0.2, 0) is 6.54 Å². The van der Waals surface area contributed by atoms with Crippen LogP contribution in [0.3, 0.4) is 0 Å². The lowest BCUT2D eigenvalue weighted by Gasteiger charge is -1.90. The van der Waals surface area contributed by atoms with E-state index in [2.05, 4.69) is 18.2 Å². The van der Waals surface area contributed by atoms with Crippen LogP contribution < -0.4 is 0 Å². The molecule has 1 aliphatic rings. The highest BCUT2D eigenvalue weighted by atomic mass is 15.3. The highest BCUT2D eigenvalue weighted by molar-refractivity contribution is 5.16. The van der Waals surface area contributed by atoms with Crippen molar-refractivity contribution in [1.29, 1.82) is 0 Å². The zero-order valence-electron chi connectivity index (χ0n) is 6.25. The van der Waals surface area contributed by atoms with Crippen molar-refractivity contribution >= 4 is 0 Å². The average Bonchev–Trinajstić information content (AvgIpc) is 2.70. The first-order valence-corrected chi connectivity index (χ1v) is 3.92. The summed E-state index contributed by atoms with van der Waals surface area (Å²) >= 11 is 0. The molecule has 1 aliphatic carbocycles. The Morgan fingerprint density at radius 1 is 1.70 bits per heavy atom. The van der Waals surface area contributed by atoms with Crippen LogP contribution in [0, 0.1) is 0 Å². The summed E-state index contributed by atoms with van der Waals surface area (Å²) in [5.41, 5.74) is 1.43. The fourth-order valence-corrected chi connectivity index (χ4v) is 1.18. The molecule has 1 heterocycles. The predicted octanol–water partition coefficient (Wildman–Crippen LogP) is 1.78. The molecular formula is C8H12N2. The van der Waals surface area contributed by atoms with Crippen molar-refractivity contribution in [1.82, 2.24) is 9.78 Å². The molecule has 1 aromatic rings. The minimum Gasteiger partial charge on any atom is -0.273 e. The molecule has 10 heavy (non-hydrogen) atoms. The molecule has 0 spiro atoms. The van der Waals surface area contributed by atoms with Gasteiger partial charge in [0.05, 0.1) is 6.20 Å². The fraction of sp³-hybridized carbons (Fsp3) is 0.625. The monoisotopic (exact) mass is 136 g/mol. The third-order valence-electron chi connectivity index (χ3n) is 2.03. The average molecular weight is 136 g/mol. The van der Waals surface area contributed by atoms with Gasteiger partial charge in [0.2, 0.25) is 0 Å². The quantitative estimate of drug-likeness (QED) is 0.606. The molecule has 0 unspecified atom stereocenters. The van der Waals surface area contributed by atoms with Crippen LogP contribution in [0.5, 0.6) is 0 Å². The summed E-state index contributed by atoms with van der Waals surface area (Å²) in [6.07, 6.45) is 6.91. The number of aromatic nitrogens is 2. The van der Waals surface area contributed by atoms with E-state index in [0.29, 0.717) is 0 Å². The van der Waals surface area contributed by atoms with Gasteiger partial charge in [-0.25, -0.2) is 0 Å². The topological polar surface area (TPSA) is 17.8 Å². The molecule has 2 rings (SSSR count). The van der Waals surface area contributed by atoms with E-state index in [0.717, 1.165) is 12.5 Å². The zero-order valence-corrected chi connectivity index (χ0v) is 6.25. The molecule has 2 nitrogen and oxygen atoms in total. The molecule has 0 bridgehead atoms. The van der Waals surface area contributed by atoms with Crippen LogP contribution in [0.1, 0.15) is 31.2 Å². The van der Waals surface area contributed by atoms with E-state index in [9.17, 15) is 0 Å². The second-order valence-corrected chi connectivity index (χ2v) is 2.90. The summed E-state index contributed by atoms with van der Waals surface area (Å²) in [5.74, 6) is 0.847. The Labute approximate surface area is 60.9 Å². The van der Waals surface area contributed by atoms with Crippen molar-refractivity contribution in [3.05, 3.63) is 18.0 Å². The second-order valence-electron chi connectivity index (χ2n) is 2.90. The Hall–Kier alpha value is -0.790. The van der Waals surface area contributed by atoms with Gasteiger partial charge in [0.15, 0.2) is 0 Å². The summed E-state index contributed by atoms with van der Waals surface area (Å²) in [4.78, 5) is 0. The minimum absolute atomic E-state index is 0.847. The summed E-state index contributed by atoms with van der Waals surface area (Å²) in [5, 5.41) is 4.21. The highest BCUT2D eigenvalue weighted by Crippen LogP contribution is 2.39. The Bertz CT molecular complexity index is 223. The van der Waals surface area contributed by atoms with Crippen LogP contribution >= 0.6 is 0 Å². The number of rotatable bonds is 2. The van der Waals surface area contributed by atoms with Crippen molar-refractivity contribution in [2.75, 3.05) is 0 Å². The van der Waals surface area contributed by atoms with Gasteiger partial charge in [0.25, 0.3) is 0 Å². The molecule has 1 saturated carbocycles. The van der Waals surface area contributed by atoms with Crippen molar-refractivity contribution in [3.8, 4) is 0 Å². The molecule has 0 amide bonds. The first-order valence-electron chi connectivity index (χ1n) is 3.92. The molecule has 0 N–H and O–H groups in total. The van der Waals surface area contributed by atoms with Gasteiger partial charge in [-0.15, -0.1) is 0 Å². The second kappa shape index (κ2) is 2.11. The van der Waals surface area contributed by atoms with Gasteiger partial charge in [-0.3, -0.25) is 4.68 Å². The Morgan fingerprint density at radius 2 is 2.50 bits per heavy atom. The lowest BCUT2D eigenvalue weighted by atomic mass is 10.2. The molecule has 0 saturated heterocycles. The summed E-state index contributed by atoms with van der Waals surface area (Å²) < 4.78 is 1.99. The van der Waals surface area contributed by atoms with Gasteiger partial charge in [0.1, 0.15) is 0 Å². The Balaban J connectivity index is 2.19. The molecule has 1 fully saturated rings. The normalized spacial score (nSPS) is 17.7. The van der Waals surface area contributed by atoms with E-state index in [1.54, 1.807) is 0 Å². The van der Waals surface area contributed by atoms with Gasteiger partial charge >= 0.3 is 0 Å². The summed E-state index contributed by atoms with van der Waals surface area (Å²) in [7, 11) is 0. The maximum Gasteiger partial charge on any atom is 0.0524 e. The summed E-state index contributed by atoms with van der Waals surface area (Å²) in [6, 6.07) is 0. The van der Waals surface area contributed by atoms with Crippen LogP contribution in [-0.4, -0.2) is 9.78 Å². The molecule has 0 aromatic carbocycles. The molecule has 2 heteroatoms. The van der Waals surface area contributed by atoms with Crippen LogP contribution in [0.25, 0.3) is 0 Å². The third kappa shape index (κ3) is 0.939. The number of nitrogens with zero attached hydrogens (tertiary/aromatic N) is 2. The molecule has 54 valence electrons. The molecule has 0 atom stereocenters. The maximum atomic E-state index is 4.21.